The van der Waals surface area contributed by atoms with Crippen molar-refractivity contribution in [2.45, 2.75) is 70.4 Å². The Bertz CT molecular complexity index is 200. The molecule has 3 nitrogen and oxygen atoms in total. The molecule has 1 amide bonds. The molecule has 3 heteroatoms. The average Bonchev–Trinajstić information content (AvgIpc) is 2.07. The molecule has 0 saturated heterocycles. The monoisotopic (exact) mass is 212 g/mol. The quantitative estimate of drug-likeness (QED) is 0.735. The van der Waals surface area contributed by atoms with E-state index >= 15 is 0 Å². The average molecular weight is 212 g/mol. The van der Waals surface area contributed by atoms with Gasteiger partial charge in [-0.2, -0.15) is 0 Å². The van der Waals surface area contributed by atoms with E-state index in [-0.39, 0.29) is 5.91 Å². The highest BCUT2D eigenvalue weighted by atomic mass is 16.2. The van der Waals surface area contributed by atoms with Crippen LogP contribution in [0.25, 0.3) is 0 Å². The van der Waals surface area contributed by atoms with Gasteiger partial charge in [-0.25, -0.2) is 0 Å². The number of rotatable bonds is 2. The molecule has 0 unspecified atom stereocenters. The molecular weight excluding hydrogens is 188 g/mol. The van der Waals surface area contributed by atoms with Crippen LogP contribution >= 0.6 is 0 Å². The van der Waals surface area contributed by atoms with Crippen LogP contribution in [0.4, 0.5) is 0 Å². The first-order chi connectivity index (χ1) is 7.00. The summed E-state index contributed by atoms with van der Waals surface area (Å²) in [5, 5.41) is 3.06. The molecular formula is C12H24N2O. The molecule has 0 aromatic rings. The Kier molecular flexibility index (Phi) is 4.58. The van der Waals surface area contributed by atoms with Gasteiger partial charge in [-0.15, -0.1) is 0 Å². The second kappa shape index (κ2) is 5.50. The van der Waals surface area contributed by atoms with Gasteiger partial charge >= 0.3 is 0 Å². The van der Waals surface area contributed by atoms with E-state index in [1.54, 1.807) is 13.8 Å². The van der Waals surface area contributed by atoms with Crippen LogP contribution in [0.15, 0.2) is 0 Å². The summed E-state index contributed by atoms with van der Waals surface area (Å²) in [7, 11) is 0. The highest BCUT2D eigenvalue weighted by molar-refractivity contribution is 5.85. The third-order valence-corrected chi connectivity index (χ3v) is 3.03. The second-order valence-electron chi connectivity index (χ2n) is 5.24. The van der Waals surface area contributed by atoms with Gasteiger partial charge in [-0.3, -0.25) is 4.79 Å². The number of hydrogen-bond acceptors (Lipinski definition) is 2. The van der Waals surface area contributed by atoms with E-state index in [0.717, 1.165) is 12.8 Å². The predicted molar refractivity (Wildman–Crippen MR) is 62.5 cm³/mol. The molecule has 1 saturated carbocycles. The Morgan fingerprint density at radius 3 is 2.07 bits per heavy atom. The van der Waals surface area contributed by atoms with Gasteiger partial charge in [0.15, 0.2) is 0 Å². The van der Waals surface area contributed by atoms with Crippen molar-refractivity contribution in [2.75, 3.05) is 0 Å². The highest BCUT2D eigenvalue weighted by Gasteiger charge is 2.24. The van der Waals surface area contributed by atoms with Crippen LogP contribution in [-0.4, -0.2) is 17.5 Å². The van der Waals surface area contributed by atoms with Crippen molar-refractivity contribution in [1.29, 1.82) is 0 Å². The first kappa shape index (κ1) is 12.5. The highest BCUT2D eigenvalue weighted by Crippen LogP contribution is 2.17. The van der Waals surface area contributed by atoms with E-state index in [1.807, 2.05) is 0 Å². The van der Waals surface area contributed by atoms with Crippen molar-refractivity contribution < 1.29 is 4.79 Å². The van der Waals surface area contributed by atoms with Gasteiger partial charge in [-0.05, 0) is 26.7 Å². The fourth-order valence-electron chi connectivity index (χ4n) is 1.97. The second-order valence-corrected chi connectivity index (χ2v) is 5.24. The molecule has 0 aromatic heterocycles. The van der Waals surface area contributed by atoms with Crippen molar-refractivity contribution in [3.05, 3.63) is 0 Å². The molecule has 1 fully saturated rings. The smallest absolute Gasteiger partial charge is 0.239 e. The minimum Gasteiger partial charge on any atom is -0.352 e. The van der Waals surface area contributed by atoms with Crippen molar-refractivity contribution >= 4 is 5.91 Å². The number of nitrogens with one attached hydrogen (secondary N) is 1. The van der Waals surface area contributed by atoms with Gasteiger partial charge < -0.3 is 11.1 Å². The number of hydrogen-bond donors (Lipinski definition) is 2. The Hall–Kier alpha value is -0.570. The molecule has 0 bridgehead atoms. The van der Waals surface area contributed by atoms with Gasteiger partial charge in [0.2, 0.25) is 5.91 Å². The molecule has 1 aliphatic rings. The molecule has 3 N–H and O–H groups in total. The third kappa shape index (κ3) is 4.65. The lowest BCUT2D eigenvalue weighted by Gasteiger charge is -2.25. The zero-order valence-electron chi connectivity index (χ0n) is 10.0. The Balaban J connectivity index is 2.38. The maximum Gasteiger partial charge on any atom is 0.239 e. The lowest BCUT2D eigenvalue weighted by atomic mass is 9.95. The summed E-state index contributed by atoms with van der Waals surface area (Å²) >= 11 is 0. The Labute approximate surface area is 92.8 Å². The van der Waals surface area contributed by atoms with Gasteiger partial charge in [0, 0.05) is 6.04 Å². The zero-order chi connectivity index (χ0) is 11.3. The van der Waals surface area contributed by atoms with E-state index in [2.05, 4.69) is 5.32 Å². The summed E-state index contributed by atoms with van der Waals surface area (Å²) in [5.41, 5.74) is 5.01. The van der Waals surface area contributed by atoms with E-state index in [1.165, 1.54) is 32.1 Å². The molecule has 0 atom stereocenters. The normalized spacial score (nSPS) is 20.5. The summed E-state index contributed by atoms with van der Waals surface area (Å²) in [6.07, 6.45) is 8.65. The van der Waals surface area contributed by atoms with Gasteiger partial charge in [0.1, 0.15) is 0 Å². The van der Waals surface area contributed by atoms with Crippen molar-refractivity contribution in [3.8, 4) is 0 Å². The topological polar surface area (TPSA) is 55.1 Å². The molecule has 0 aliphatic heterocycles. The van der Waals surface area contributed by atoms with E-state index < -0.39 is 5.54 Å². The van der Waals surface area contributed by atoms with Crippen molar-refractivity contribution in [1.82, 2.24) is 5.32 Å². The largest absolute Gasteiger partial charge is 0.352 e. The molecule has 88 valence electrons. The fraction of sp³-hybridized carbons (Fsp3) is 0.917. The number of carbonyl (C=O) groups is 1. The number of nitrogens with two attached hydrogens (primary N) is 1. The molecule has 0 spiro atoms. The SMILES string of the molecule is CC(C)(N)C(=O)NC1CCCCCCC1. The van der Waals surface area contributed by atoms with Crippen LogP contribution in [0.3, 0.4) is 0 Å². The van der Waals surface area contributed by atoms with E-state index in [4.69, 9.17) is 5.73 Å². The molecule has 1 rings (SSSR count). The van der Waals surface area contributed by atoms with Crippen molar-refractivity contribution in [3.63, 3.8) is 0 Å². The standard InChI is InChI=1S/C12H24N2O/c1-12(2,13)11(15)14-10-8-6-4-3-5-7-9-10/h10H,3-9,13H2,1-2H3,(H,14,15). The van der Waals surface area contributed by atoms with Gasteiger partial charge in [0.25, 0.3) is 0 Å². The summed E-state index contributed by atoms with van der Waals surface area (Å²) in [6, 6.07) is 0.348. The minimum absolute atomic E-state index is 0.0203. The van der Waals surface area contributed by atoms with Crippen LogP contribution < -0.4 is 11.1 Å². The minimum atomic E-state index is -0.748. The number of amides is 1. The Morgan fingerprint density at radius 1 is 1.13 bits per heavy atom. The Morgan fingerprint density at radius 2 is 1.60 bits per heavy atom. The first-order valence-corrected chi connectivity index (χ1v) is 6.10. The number of carbonyl (C=O) groups excluding carboxylic acids is 1. The lowest BCUT2D eigenvalue weighted by Crippen LogP contribution is -2.52. The maximum atomic E-state index is 11.7. The molecule has 0 heterocycles. The van der Waals surface area contributed by atoms with Crippen LogP contribution in [0.5, 0.6) is 0 Å². The first-order valence-electron chi connectivity index (χ1n) is 6.10. The molecule has 0 radical (unpaired) electrons. The van der Waals surface area contributed by atoms with Crippen LogP contribution in [0.2, 0.25) is 0 Å². The van der Waals surface area contributed by atoms with Gasteiger partial charge in [0.05, 0.1) is 5.54 Å². The summed E-state index contributed by atoms with van der Waals surface area (Å²) in [5.74, 6) is -0.0203. The predicted octanol–water partition coefficient (Wildman–Crippen LogP) is 1.95. The summed E-state index contributed by atoms with van der Waals surface area (Å²) < 4.78 is 0. The van der Waals surface area contributed by atoms with Crippen LogP contribution in [0, 0.1) is 0 Å². The summed E-state index contributed by atoms with van der Waals surface area (Å²) in [6.45, 7) is 3.51. The zero-order valence-corrected chi connectivity index (χ0v) is 10.0. The van der Waals surface area contributed by atoms with Crippen LogP contribution in [0.1, 0.15) is 58.8 Å². The van der Waals surface area contributed by atoms with Crippen LogP contribution in [-0.2, 0) is 4.79 Å². The van der Waals surface area contributed by atoms with Gasteiger partial charge in [-0.1, -0.05) is 32.1 Å². The lowest BCUT2D eigenvalue weighted by molar-refractivity contribution is -0.126. The maximum absolute atomic E-state index is 11.7. The van der Waals surface area contributed by atoms with E-state index in [0.29, 0.717) is 6.04 Å². The fourth-order valence-corrected chi connectivity index (χ4v) is 1.97. The molecule has 15 heavy (non-hydrogen) atoms. The third-order valence-electron chi connectivity index (χ3n) is 3.03. The molecule has 0 aromatic carbocycles. The van der Waals surface area contributed by atoms with E-state index in [9.17, 15) is 4.79 Å². The molecule has 1 aliphatic carbocycles. The summed E-state index contributed by atoms with van der Waals surface area (Å²) in [4.78, 5) is 11.7. The van der Waals surface area contributed by atoms with Crippen molar-refractivity contribution in [2.24, 2.45) is 5.73 Å².